The van der Waals surface area contributed by atoms with Crippen LogP contribution in [0.2, 0.25) is 0 Å². The van der Waals surface area contributed by atoms with Gasteiger partial charge in [0.15, 0.2) is 0 Å². The fraction of sp³-hybridized carbons (Fsp3) is 0.357. The van der Waals surface area contributed by atoms with Crippen molar-refractivity contribution in [1.29, 1.82) is 0 Å². The molecule has 0 saturated heterocycles. The number of anilines is 1. The maximum Gasteiger partial charge on any atom is 0.328 e. The van der Waals surface area contributed by atoms with Crippen molar-refractivity contribution in [2.45, 2.75) is 13.8 Å². The van der Waals surface area contributed by atoms with Gasteiger partial charge in [-0.2, -0.15) is 0 Å². The van der Waals surface area contributed by atoms with Crippen LogP contribution in [0.4, 0.5) is 5.69 Å². The number of carboxylic acids is 1. The minimum absolute atomic E-state index is 0.405. The molecule has 0 amide bonds. The SMILES string of the molecule is CCOc1ccc(OCC)c(NC/C=C/C(=O)O)c1. The minimum atomic E-state index is -0.963. The van der Waals surface area contributed by atoms with E-state index in [4.69, 9.17) is 14.6 Å². The maximum absolute atomic E-state index is 10.4. The van der Waals surface area contributed by atoms with Gasteiger partial charge >= 0.3 is 5.97 Å². The normalized spacial score (nSPS) is 10.4. The number of carboxylic acid groups (broad SMARTS) is 1. The van der Waals surface area contributed by atoms with E-state index < -0.39 is 5.97 Å². The highest BCUT2D eigenvalue weighted by atomic mass is 16.5. The summed E-state index contributed by atoms with van der Waals surface area (Å²) in [5, 5.41) is 11.6. The zero-order chi connectivity index (χ0) is 14.1. The molecule has 0 aromatic heterocycles. The van der Waals surface area contributed by atoms with Crippen molar-refractivity contribution < 1.29 is 19.4 Å². The average molecular weight is 265 g/mol. The van der Waals surface area contributed by atoms with E-state index in [1.807, 2.05) is 32.0 Å². The number of carbonyl (C=O) groups is 1. The van der Waals surface area contributed by atoms with Gasteiger partial charge < -0.3 is 19.9 Å². The quantitative estimate of drug-likeness (QED) is 0.707. The summed E-state index contributed by atoms with van der Waals surface area (Å²) in [5.74, 6) is 0.500. The number of benzene rings is 1. The molecular weight excluding hydrogens is 246 g/mol. The summed E-state index contributed by atoms with van der Waals surface area (Å²) in [4.78, 5) is 10.4. The molecule has 1 aromatic carbocycles. The number of rotatable bonds is 8. The Kier molecular flexibility index (Phi) is 6.29. The van der Waals surface area contributed by atoms with Crippen LogP contribution < -0.4 is 14.8 Å². The Morgan fingerprint density at radius 3 is 2.68 bits per heavy atom. The largest absolute Gasteiger partial charge is 0.494 e. The number of nitrogens with one attached hydrogen (secondary N) is 1. The standard InChI is InChI=1S/C14H19NO4/c1-3-18-11-7-8-13(19-4-2)12(10-11)15-9-5-6-14(16)17/h5-8,10,15H,3-4,9H2,1-2H3,(H,16,17)/b6-5+. The molecule has 0 heterocycles. The van der Waals surface area contributed by atoms with Gasteiger partial charge in [-0.15, -0.1) is 0 Å². The first kappa shape index (κ1) is 14.9. The van der Waals surface area contributed by atoms with Crippen molar-refractivity contribution in [1.82, 2.24) is 0 Å². The van der Waals surface area contributed by atoms with Crippen molar-refractivity contribution in [2.75, 3.05) is 25.1 Å². The zero-order valence-electron chi connectivity index (χ0n) is 11.2. The van der Waals surface area contributed by atoms with Crippen LogP contribution in [0, 0.1) is 0 Å². The van der Waals surface area contributed by atoms with E-state index in [0.717, 1.165) is 23.3 Å². The monoisotopic (exact) mass is 265 g/mol. The highest BCUT2D eigenvalue weighted by Gasteiger charge is 2.04. The van der Waals surface area contributed by atoms with Crippen molar-refractivity contribution >= 4 is 11.7 Å². The second-order valence-electron chi connectivity index (χ2n) is 3.65. The van der Waals surface area contributed by atoms with Gasteiger partial charge in [0.25, 0.3) is 0 Å². The highest BCUT2D eigenvalue weighted by molar-refractivity contribution is 5.79. The lowest BCUT2D eigenvalue weighted by Crippen LogP contribution is -2.04. The van der Waals surface area contributed by atoms with Gasteiger partial charge in [-0.1, -0.05) is 6.08 Å². The molecule has 5 nitrogen and oxygen atoms in total. The molecule has 104 valence electrons. The van der Waals surface area contributed by atoms with Crippen LogP contribution in [-0.2, 0) is 4.79 Å². The van der Waals surface area contributed by atoms with Gasteiger partial charge in [0, 0.05) is 18.7 Å². The molecule has 1 rings (SSSR count). The van der Waals surface area contributed by atoms with Crippen LogP contribution in [0.25, 0.3) is 0 Å². The van der Waals surface area contributed by atoms with E-state index >= 15 is 0 Å². The van der Waals surface area contributed by atoms with Crippen molar-refractivity contribution in [3.63, 3.8) is 0 Å². The summed E-state index contributed by atoms with van der Waals surface area (Å²) >= 11 is 0. The molecule has 0 fully saturated rings. The topological polar surface area (TPSA) is 67.8 Å². The smallest absolute Gasteiger partial charge is 0.328 e. The summed E-state index contributed by atoms with van der Waals surface area (Å²) in [6.45, 7) is 5.38. The van der Waals surface area contributed by atoms with Crippen LogP contribution in [0.3, 0.4) is 0 Å². The Balaban J connectivity index is 2.75. The van der Waals surface area contributed by atoms with E-state index in [1.54, 1.807) is 0 Å². The first-order chi connectivity index (χ1) is 9.17. The molecule has 0 aliphatic heterocycles. The summed E-state index contributed by atoms with van der Waals surface area (Å²) in [6, 6.07) is 5.51. The van der Waals surface area contributed by atoms with Crippen LogP contribution in [-0.4, -0.2) is 30.8 Å². The number of aliphatic carboxylic acids is 1. The van der Waals surface area contributed by atoms with Gasteiger partial charge in [0.2, 0.25) is 0 Å². The van der Waals surface area contributed by atoms with Crippen molar-refractivity contribution in [2.24, 2.45) is 0 Å². The number of hydrogen-bond donors (Lipinski definition) is 2. The lowest BCUT2D eigenvalue weighted by atomic mass is 10.2. The number of ether oxygens (including phenoxy) is 2. The molecule has 5 heteroatoms. The Morgan fingerprint density at radius 2 is 2.05 bits per heavy atom. The fourth-order valence-corrected chi connectivity index (χ4v) is 1.51. The first-order valence-corrected chi connectivity index (χ1v) is 6.20. The van der Waals surface area contributed by atoms with Crippen molar-refractivity contribution in [3.8, 4) is 11.5 Å². The van der Waals surface area contributed by atoms with Crippen LogP contribution >= 0.6 is 0 Å². The molecule has 19 heavy (non-hydrogen) atoms. The first-order valence-electron chi connectivity index (χ1n) is 6.20. The lowest BCUT2D eigenvalue weighted by molar-refractivity contribution is -0.131. The van der Waals surface area contributed by atoms with Gasteiger partial charge in [-0.3, -0.25) is 0 Å². The highest BCUT2D eigenvalue weighted by Crippen LogP contribution is 2.29. The number of hydrogen-bond acceptors (Lipinski definition) is 4. The maximum atomic E-state index is 10.4. The molecule has 0 aliphatic rings. The summed E-state index contributed by atoms with van der Waals surface area (Å²) < 4.78 is 10.9. The molecule has 0 spiro atoms. The fourth-order valence-electron chi connectivity index (χ4n) is 1.51. The second kappa shape index (κ2) is 8.02. The van der Waals surface area contributed by atoms with E-state index in [-0.39, 0.29) is 0 Å². The van der Waals surface area contributed by atoms with Gasteiger partial charge in [-0.05, 0) is 26.0 Å². The Morgan fingerprint density at radius 1 is 1.32 bits per heavy atom. The molecular formula is C14H19NO4. The zero-order valence-corrected chi connectivity index (χ0v) is 11.2. The van der Waals surface area contributed by atoms with Crippen LogP contribution in [0.1, 0.15) is 13.8 Å². The van der Waals surface area contributed by atoms with Crippen LogP contribution in [0.5, 0.6) is 11.5 Å². The molecule has 1 aromatic rings. The van der Waals surface area contributed by atoms with Crippen LogP contribution in [0.15, 0.2) is 30.4 Å². The minimum Gasteiger partial charge on any atom is -0.494 e. The van der Waals surface area contributed by atoms with E-state index in [9.17, 15) is 4.79 Å². The molecule has 0 aliphatic carbocycles. The van der Waals surface area contributed by atoms with E-state index in [2.05, 4.69) is 5.32 Å². The third kappa shape index (κ3) is 5.33. The van der Waals surface area contributed by atoms with Crippen molar-refractivity contribution in [3.05, 3.63) is 30.4 Å². The Labute approximate surface area is 112 Å². The summed E-state index contributed by atoms with van der Waals surface area (Å²) in [5.41, 5.74) is 0.780. The third-order valence-electron chi connectivity index (χ3n) is 2.23. The molecule has 0 unspecified atom stereocenters. The molecule has 0 saturated carbocycles. The molecule has 0 radical (unpaired) electrons. The van der Waals surface area contributed by atoms with E-state index in [0.29, 0.717) is 19.8 Å². The predicted molar refractivity (Wildman–Crippen MR) is 74.0 cm³/mol. The Hall–Kier alpha value is -2.17. The summed E-state index contributed by atoms with van der Waals surface area (Å²) in [6.07, 6.45) is 2.63. The predicted octanol–water partition coefficient (Wildman–Crippen LogP) is 2.54. The molecule has 2 N–H and O–H groups in total. The summed E-state index contributed by atoms with van der Waals surface area (Å²) in [7, 11) is 0. The molecule has 0 atom stereocenters. The van der Waals surface area contributed by atoms with Gasteiger partial charge in [0.05, 0.1) is 18.9 Å². The lowest BCUT2D eigenvalue weighted by Gasteiger charge is -2.13. The average Bonchev–Trinajstić information content (AvgIpc) is 2.37. The molecule has 0 bridgehead atoms. The second-order valence-corrected chi connectivity index (χ2v) is 3.65. The Bertz CT molecular complexity index is 443. The van der Waals surface area contributed by atoms with Gasteiger partial charge in [-0.25, -0.2) is 4.79 Å². The van der Waals surface area contributed by atoms with Gasteiger partial charge in [0.1, 0.15) is 11.5 Å². The van der Waals surface area contributed by atoms with E-state index in [1.165, 1.54) is 6.08 Å². The third-order valence-corrected chi connectivity index (χ3v) is 2.23.